The van der Waals surface area contributed by atoms with E-state index in [0.29, 0.717) is 24.6 Å². The molecule has 0 bridgehead atoms. The quantitative estimate of drug-likeness (QED) is 0.559. The van der Waals surface area contributed by atoms with Gasteiger partial charge in [-0.15, -0.1) is 0 Å². The highest BCUT2D eigenvalue weighted by atomic mass is 16.3. The summed E-state index contributed by atoms with van der Waals surface area (Å²) in [5, 5.41) is 25.9. The maximum absolute atomic E-state index is 10.7. The van der Waals surface area contributed by atoms with Crippen LogP contribution < -0.4 is 10.6 Å². The van der Waals surface area contributed by atoms with Gasteiger partial charge in [0.05, 0.1) is 24.7 Å². The van der Waals surface area contributed by atoms with Crippen molar-refractivity contribution < 1.29 is 5.11 Å². The molecule has 0 amide bonds. The van der Waals surface area contributed by atoms with Crippen molar-refractivity contribution in [3.05, 3.63) is 71.3 Å². The van der Waals surface area contributed by atoms with Gasteiger partial charge in [-0.25, -0.2) is 4.99 Å². The Bertz CT molecular complexity index is 731. The van der Waals surface area contributed by atoms with Crippen molar-refractivity contribution in [3.63, 3.8) is 0 Å². The first-order chi connectivity index (χ1) is 12.0. The molecule has 3 N–H and O–H groups in total. The van der Waals surface area contributed by atoms with Crippen LogP contribution in [-0.2, 0) is 12.1 Å². The van der Waals surface area contributed by atoms with Crippen LogP contribution in [-0.4, -0.2) is 24.2 Å². The van der Waals surface area contributed by atoms with Gasteiger partial charge < -0.3 is 15.7 Å². The average Bonchev–Trinajstić information content (AvgIpc) is 2.65. The van der Waals surface area contributed by atoms with Crippen molar-refractivity contribution in [1.82, 2.24) is 10.6 Å². The second-order valence-electron chi connectivity index (χ2n) is 6.00. The van der Waals surface area contributed by atoms with E-state index in [9.17, 15) is 5.11 Å². The van der Waals surface area contributed by atoms with Crippen LogP contribution in [0.25, 0.3) is 0 Å². The number of hydrogen-bond acceptors (Lipinski definition) is 3. The molecule has 0 radical (unpaired) electrons. The lowest BCUT2D eigenvalue weighted by atomic mass is 9.96. The second-order valence-corrected chi connectivity index (χ2v) is 6.00. The Morgan fingerprint density at radius 2 is 1.80 bits per heavy atom. The molecule has 0 saturated heterocycles. The van der Waals surface area contributed by atoms with Crippen LogP contribution in [0, 0.1) is 11.3 Å². The van der Waals surface area contributed by atoms with Gasteiger partial charge in [0.2, 0.25) is 0 Å². The number of rotatable bonds is 6. The number of aliphatic hydroxyl groups is 1. The first-order valence-corrected chi connectivity index (χ1v) is 8.34. The molecule has 2 aromatic carbocycles. The standard InChI is InChI=1S/C20H24N4O/c1-3-22-19(23-14-17-11-9-16(13-21)10-12-17)24-15-20(2,25)18-7-5-4-6-8-18/h4-12,25H,3,14-15H2,1-2H3,(H2,22,23,24). The van der Waals surface area contributed by atoms with E-state index in [1.54, 1.807) is 19.1 Å². The van der Waals surface area contributed by atoms with Crippen LogP contribution in [0.2, 0.25) is 0 Å². The fourth-order valence-electron chi connectivity index (χ4n) is 2.35. The lowest BCUT2D eigenvalue weighted by Crippen LogP contribution is -2.44. The van der Waals surface area contributed by atoms with E-state index in [0.717, 1.165) is 17.7 Å². The second kappa shape index (κ2) is 8.86. The first kappa shape index (κ1) is 18.5. The Labute approximate surface area is 149 Å². The van der Waals surface area contributed by atoms with E-state index >= 15 is 0 Å². The topological polar surface area (TPSA) is 80.4 Å². The van der Waals surface area contributed by atoms with Gasteiger partial charge in [0, 0.05) is 6.54 Å². The maximum Gasteiger partial charge on any atom is 0.191 e. The summed E-state index contributed by atoms with van der Waals surface area (Å²) in [7, 11) is 0. The predicted molar refractivity (Wildman–Crippen MR) is 100.0 cm³/mol. The van der Waals surface area contributed by atoms with Gasteiger partial charge in [-0.2, -0.15) is 5.26 Å². The molecule has 5 heteroatoms. The van der Waals surface area contributed by atoms with Crippen molar-refractivity contribution in [2.24, 2.45) is 4.99 Å². The summed E-state index contributed by atoms with van der Waals surface area (Å²) in [5.74, 6) is 0.642. The summed E-state index contributed by atoms with van der Waals surface area (Å²) >= 11 is 0. The zero-order valence-electron chi connectivity index (χ0n) is 14.7. The number of nitrogens with one attached hydrogen (secondary N) is 2. The normalized spacial score (nSPS) is 13.6. The molecule has 0 fully saturated rings. The van der Waals surface area contributed by atoms with Gasteiger partial charge >= 0.3 is 0 Å². The molecular formula is C20H24N4O. The van der Waals surface area contributed by atoms with E-state index in [-0.39, 0.29) is 0 Å². The van der Waals surface area contributed by atoms with Gasteiger partial charge in [-0.1, -0.05) is 42.5 Å². The predicted octanol–water partition coefficient (Wildman–Crippen LogP) is 2.52. The monoisotopic (exact) mass is 336 g/mol. The highest BCUT2D eigenvalue weighted by Gasteiger charge is 2.22. The molecule has 25 heavy (non-hydrogen) atoms. The van der Waals surface area contributed by atoms with Gasteiger partial charge in [0.25, 0.3) is 0 Å². The molecule has 5 nitrogen and oxygen atoms in total. The van der Waals surface area contributed by atoms with Crippen molar-refractivity contribution in [2.75, 3.05) is 13.1 Å². The molecule has 0 heterocycles. The van der Waals surface area contributed by atoms with Crippen LogP contribution in [0.5, 0.6) is 0 Å². The number of aliphatic imine (C=N–C) groups is 1. The number of guanidine groups is 1. The minimum absolute atomic E-state index is 0.343. The number of hydrogen-bond donors (Lipinski definition) is 3. The SMILES string of the molecule is CCNC(=NCc1ccc(C#N)cc1)NCC(C)(O)c1ccccc1. The van der Waals surface area contributed by atoms with Gasteiger partial charge in [-0.05, 0) is 37.1 Å². The van der Waals surface area contributed by atoms with Crippen LogP contribution in [0.15, 0.2) is 59.6 Å². The van der Waals surface area contributed by atoms with E-state index in [2.05, 4.69) is 21.7 Å². The lowest BCUT2D eigenvalue weighted by Gasteiger charge is -2.25. The highest BCUT2D eigenvalue weighted by Crippen LogP contribution is 2.18. The summed E-state index contributed by atoms with van der Waals surface area (Å²) in [6.45, 7) is 5.34. The van der Waals surface area contributed by atoms with Crippen molar-refractivity contribution >= 4 is 5.96 Å². The Balaban J connectivity index is 2.00. The average molecular weight is 336 g/mol. The van der Waals surface area contributed by atoms with Crippen molar-refractivity contribution in [1.29, 1.82) is 5.26 Å². The van der Waals surface area contributed by atoms with Gasteiger partial charge in [0.15, 0.2) is 5.96 Å². The molecule has 2 aromatic rings. The van der Waals surface area contributed by atoms with E-state index in [1.807, 2.05) is 49.4 Å². The molecule has 2 rings (SSSR count). The third kappa shape index (κ3) is 5.63. The minimum Gasteiger partial charge on any atom is -0.384 e. The molecule has 0 aliphatic carbocycles. The summed E-state index contributed by atoms with van der Waals surface area (Å²) in [6, 6.07) is 19.0. The van der Waals surface area contributed by atoms with Crippen LogP contribution >= 0.6 is 0 Å². The summed E-state index contributed by atoms with van der Waals surface area (Å²) in [6.07, 6.45) is 0. The molecule has 0 spiro atoms. The number of benzene rings is 2. The van der Waals surface area contributed by atoms with E-state index in [1.165, 1.54) is 0 Å². The first-order valence-electron chi connectivity index (χ1n) is 8.34. The summed E-state index contributed by atoms with van der Waals surface area (Å²) in [4.78, 5) is 4.54. The van der Waals surface area contributed by atoms with Crippen LogP contribution in [0.4, 0.5) is 0 Å². The number of nitriles is 1. The molecule has 1 atom stereocenters. The van der Waals surface area contributed by atoms with Gasteiger partial charge in [0.1, 0.15) is 5.60 Å². The van der Waals surface area contributed by atoms with Crippen molar-refractivity contribution in [2.45, 2.75) is 26.0 Å². The largest absolute Gasteiger partial charge is 0.384 e. The Hall–Kier alpha value is -2.84. The molecule has 1 unspecified atom stereocenters. The Morgan fingerprint density at radius 1 is 1.12 bits per heavy atom. The fraction of sp³-hybridized carbons (Fsp3) is 0.300. The lowest BCUT2D eigenvalue weighted by molar-refractivity contribution is 0.0617. The third-order valence-electron chi connectivity index (χ3n) is 3.84. The number of nitrogens with zero attached hydrogens (tertiary/aromatic N) is 2. The molecule has 0 saturated carbocycles. The smallest absolute Gasteiger partial charge is 0.191 e. The Kier molecular flexibility index (Phi) is 6.55. The van der Waals surface area contributed by atoms with Crippen LogP contribution in [0.3, 0.4) is 0 Å². The summed E-state index contributed by atoms with van der Waals surface area (Å²) < 4.78 is 0. The van der Waals surface area contributed by atoms with Gasteiger partial charge in [-0.3, -0.25) is 0 Å². The molecule has 0 aromatic heterocycles. The Morgan fingerprint density at radius 3 is 2.40 bits per heavy atom. The van der Waals surface area contributed by atoms with E-state index in [4.69, 9.17) is 5.26 Å². The third-order valence-corrected chi connectivity index (χ3v) is 3.84. The highest BCUT2D eigenvalue weighted by molar-refractivity contribution is 5.79. The van der Waals surface area contributed by atoms with E-state index < -0.39 is 5.60 Å². The minimum atomic E-state index is -0.994. The maximum atomic E-state index is 10.7. The fourth-order valence-corrected chi connectivity index (χ4v) is 2.35. The van der Waals surface area contributed by atoms with Crippen molar-refractivity contribution in [3.8, 4) is 6.07 Å². The molecule has 0 aliphatic heterocycles. The van der Waals surface area contributed by atoms with Crippen LogP contribution in [0.1, 0.15) is 30.5 Å². The zero-order chi connectivity index (χ0) is 18.1. The summed E-state index contributed by atoms with van der Waals surface area (Å²) in [5.41, 5.74) is 1.51. The molecule has 0 aliphatic rings. The molecule has 130 valence electrons. The zero-order valence-corrected chi connectivity index (χ0v) is 14.7. The molecular weight excluding hydrogens is 312 g/mol.